The minimum absolute atomic E-state index is 0.0346. The third kappa shape index (κ3) is 3.71. The van der Waals surface area contributed by atoms with Crippen LogP contribution in [-0.4, -0.2) is 39.6 Å². The number of aromatic amines is 1. The van der Waals surface area contributed by atoms with E-state index in [9.17, 15) is 4.79 Å². The monoisotopic (exact) mass is 294 g/mol. The average molecular weight is 295 g/mol. The Bertz CT molecular complexity index is 586. The lowest BCUT2D eigenvalue weighted by Gasteiger charge is -2.16. The molecule has 0 aliphatic carbocycles. The first kappa shape index (κ1) is 14.3. The smallest absolute Gasteiger partial charge is 0.260 e. The van der Waals surface area contributed by atoms with Crippen LogP contribution in [0.5, 0.6) is 5.75 Å². The lowest BCUT2D eigenvalue weighted by Crippen LogP contribution is -2.31. The molecule has 2 rings (SSSR count). The number of halogens is 1. The second-order valence-electron chi connectivity index (χ2n) is 4.38. The van der Waals surface area contributed by atoms with Crippen LogP contribution in [0.3, 0.4) is 0 Å². The zero-order chi connectivity index (χ0) is 14.5. The zero-order valence-electron chi connectivity index (χ0n) is 11.3. The SMILES string of the molecule is Cc1cc(Cl)ccc1OCC(=O)N(C)Cc1ncn[nH]1. The first-order valence-corrected chi connectivity index (χ1v) is 6.41. The summed E-state index contributed by atoms with van der Waals surface area (Å²) in [6, 6.07) is 5.27. The average Bonchev–Trinajstić information content (AvgIpc) is 2.90. The Kier molecular flexibility index (Phi) is 4.57. The van der Waals surface area contributed by atoms with Gasteiger partial charge in [-0.15, -0.1) is 0 Å². The van der Waals surface area contributed by atoms with Crippen molar-refractivity contribution in [3.8, 4) is 5.75 Å². The summed E-state index contributed by atoms with van der Waals surface area (Å²) in [4.78, 5) is 17.4. The highest BCUT2D eigenvalue weighted by Gasteiger charge is 2.12. The summed E-state index contributed by atoms with van der Waals surface area (Å²) in [6.45, 7) is 2.21. The van der Waals surface area contributed by atoms with Crippen LogP contribution in [0.2, 0.25) is 5.02 Å². The van der Waals surface area contributed by atoms with Crippen molar-refractivity contribution in [2.45, 2.75) is 13.5 Å². The molecule has 6 nitrogen and oxygen atoms in total. The molecule has 1 heterocycles. The molecule has 106 valence electrons. The molecular formula is C13H15ClN4O2. The quantitative estimate of drug-likeness (QED) is 0.913. The molecule has 0 bridgehead atoms. The van der Waals surface area contributed by atoms with Gasteiger partial charge in [0.1, 0.15) is 17.9 Å². The molecule has 20 heavy (non-hydrogen) atoms. The van der Waals surface area contributed by atoms with E-state index >= 15 is 0 Å². The number of ether oxygens (including phenoxy) is 1. The summed E-state index contributed by atoms with van der Waals surface area (Å²) in [5, 5.41) is 7.07. The van der Waals surface area contributed by atoms with E-state index in [1.54, 1.807) is 25.2 Å². The maximum absolute atomic E-state index is 11.9. The summed E-state index contributed by atoms with van der Waals surface area (Å²) < 4.78 is 5.50. The van der Waals surface area contributed by atoms with Gasteiger partial charge in [0.2, 0.25) is 0 Å². The molecule has 1 amide bonds. The lowest BCUT2D eigenvalue weighted by atomic mass is 10.2. The van der Waals surface area contributed by atoms with Gasteiger partial charge in [0.25, 0.3) is 5.91 Å². The molecule has 0 unspecified atom stereocenters. The Balaban J connectivity index is 1.88. The number of carbonyl (C=O) groups excluding carboxylic acids is 1. The van der Waals surface area contributed by atoms with Crippen molar-refractivity contribution in [3.05, 3.63) is 40.9 Å². The van der Waals surface area contributed by atoms with Crippen molar-refractivity contribution >= 4 is 17.5 Å². The van der Waals surface area contributed by atoms with Gasteiger partial charge in [-0.3, -0.25) is 9.89 Å². The second-order valence-corrected chi connectivity index (χ2v) is 4.82. The number of aryl methyl sites for hydroxylation is 1. The number of aromatic nitrogens is 3. The molecule has 0 aliphatic rings. The van der Waals surface area contributed by atoms with Crippen molar-refractivity contribution in [2.24, 2.45) is 0 Å². The van der Waals surface area contributed by atoms with Crippen LogP contribution in [0.25, 0.3) is 0 Å². The van der Waals surface area contributed by atoms with E-state index in [0.29, 0.717) is 23.1 Å². The van der Waals surface area contributed by atoms with Crippen LogP contribution in [0.4, 0.5) is 0 Å². The van der Waals surface area contributed by atoms with Crippen LogP contribution in [0, 0.1) is 6.92 Å². The number of likely N-dealkylation sites (N-methyl/N-ethyl adjacent to an activating group) is 1. The van der Waals surface area contributed by atoms with Crippen LogP contribution < -0.4 is 4.74 Å². The summed E-state index contributed by atoms with van der Waals surface area (Å²) >= 11 is 5.86. The third-order valence-electron chi connectivity index (χ3n) is 2.77. The van der Waals surface area contributed by atoms with Gasteiger partial charge in [0.05, 0.1) is 6.54 Å². The first-order valence-electron chi connectivity index (χ1n) is 6.03. The van der Waals surface area contributed by atoms with E-state index in [4.69, 9.17) is 16.3 Å². The summed E-state index contributed by atoms with van der Waals surface area (Å²) in [5.74, 6) is 1.13. The Morgan fingerprint density at radius 2 is 2.30 bits per heavy atom. The van der Waals surface area contributed by atoms with Crippen molar-refractivity contribution < 1.29 is 9.53 Å². The van der Waals surface area contributed by atoms with E-state index in [-0.39, 0.29) is 12.5 Å². The molecule has 0 aliphatic heterocycles. The van der Waals surface area contributed by atoms with Gasteiger partial charge >= 0.3 is 0 Å². The van der Waals surface area contributed by atoms with E-state index in [2.05, 4.69) is 15.2 Å². The standard InChI is InChI=1S/C13H15ClN4O2/c1-9-5-10(14)3-4-11(9)20-7-13(19)18(2)6-12-15-8-16-17-12/h3-5,8H,6-7H2,1-2H3,(H,15,16,17). The molecule has 0 fully saturated rings. The molecule has 0 radical (unpaired) electrons. The van der Waals surface area contributed by atoms with Gasteiger partial charge in [-0.1, -0.05) is 11.6 Å². The Hall–Kier alpha value is -2.08. The number of H-pyrrole nitrogens is 1. The lowest BCUT2D eigenvalue weighted by molar-refractivity contribution is -0.132. The van der Waals surface area contributed by atoms with Crippen LogP contribution in [0.1, 0.15) is 11.4 Å². The molecule has 7 heteroatoms. The van der Waals surface area contributed by atoms with Crippen molar-refractivity contribution in [1.29, 1.82) is 0 Å². The fourth-order valence-electron chi connectivity index (χ4n) is 1.64. The third-order valence-corrected chi connectivity index (χ3v) is 3.00. The highest BCUT2D eigenvalue weighted by Crippen LogP contribution is 2.21. The molecule has 1 aromatic carbocycles. The minimum Gasteiger partial charge on any atom is -0.483 e. The fraction of sp³-hybridized carbons (Fsp3) is 0.308. The molecule has 0 spiro atoms. The van der Waals surface area contributed by atoms with Gasteiger partial charge < -0.3 is 9.64 Å². The number of benzene rings is 1. The summed E-state index contributed by atoms with van der Waals surface area (Å²) in [6.07, 6.45) is 1.40. The van der Waals surface area contributed by atoms with Gasteiger partial charge in [-0.25, -0.2) is 4.98 Å². The molecule has 1 aromatic heterocycles. The van der Waals surface area contributed by atoms with Crippen LogP contribution in [-0.2, 0) is 11.3 Å². The molecular weight excluding hydrogens is 280 g/mol. The van der Waals surface area contributed by atoms with Crippen molar-refractivity contribution in [1.82, 2.24) is 20.1 Å². The number of nitrogens with one attached hydrogen (secondary N) is 1. The van der Waals surface area contributed by atoms with Gasteiger partial charge in [-0.2, -0.15) is 5.10 Å². The Morgan fingerprint density at radius 1 is 1.50 bits per heavy atom. The van der Waals surface area contributed by atoms with Crippen molar-refractivity contribution in [2.75, 3.05) is 13.7 Å². The number of nitrogens with zero attached hydrogens (tertiary/aromatic N) is 3. The molecule has 0 saturated carbocycles. The topological polar surface area (TPSA) is 71.1 Å². The normalized spacial score (nSPS) is 10.3. The molecule has 2 aromatic rings. The van der Waals surface area contributed by atoms with Crippen LogP contribution >= 0.6 is 11.6 Å². The van der Waals surface area contributed by atoms with E-state index in [0.717, 1.165) is 5.56 Å². The number of rotatable bonds is 5. The Labute approximate surface area is 121 Å². The summed E-state index contributed by atoms with van der Waals surface area (Å²) in [5.41, 5.74) is 0.892. The number of amides is 1. The van der Waals surface area contributed by atoms with E-state index < -0.39 is 0 Å². The van der Waals surface area contributed by atoms with E-state index in [1.807, 2.05) is 6.92 Å². The second kappa shape index (κ2) is 6.38. The molecule has 1 N–H and O–H groups in total. The van der Waals surface area contributed by atoms with E-state index in [1.165, 1.54) is 11.2 Å². The predicted octanol–water partition coefficient (Wildman–Crippen LogP) is 1.80. The van der Waals surface area contributed by atoms with Crippen molar-refractivity contribution in [3.63, 3.8) is 0 Å². The summed E-state index contributed by atoms with van der Waals surface area (Å²) in [7, 11) is 1.68. The largest absolute Gasteiger partial charge is 0.483 e. The van der Waals surface area contributed by atoms with Gasteiger partial charge in [0, 0.05) is 12.1 Å². The number of hydrogen-bond acceptors (Lipinski definition) is 4. The zero-order valence-corrected chi connectivity index (χ0v) is 12.0. The first-order chi connectivity index (χ1) is 9.56. The maximum Gasteiger partial charge on any atom is 0.260 e. The Morgan fingerprint density at radius 3 is 2.95 bits per heavy atom. The predicted molar refractivity (Wildman–Crippen MR) is 74.5 cm³/mol. The highest BCUT2D eigenvalue weighted by atomic mass is 35.5. The van der Waals surface area contributed by atoms with Crippen LogP contribution in [0.15, 0.2) is 24.5 Å². The highest BCUT2D eigenvalue weighted by molar-refractivity contribution is 6.30. The number of carbonyl (C=O) groups is 1. The number of hydrogen-bond donors (Lipinski definition) is 1. The van der Waals surface area contributed by atoms with Gasteiger partial charge in [0.15, 0.2) is 6.61 Å². The molecule has 0 atom stereocenters. The maximum atomic E-state index is 11.9. The minimum atomic E-state index is -0.143. The fourth-order valence-corrected chi connectivity index (χ4v) is 1.87. The molecule has 0 saturated heterocycles. The van der Waals surface area contributed by atoms with Gasteiger partial charge in [-0.05, 0) is 30.7 Å².